The van der Waals surface area contributed by atoms with Crippen LogP contribution in [0, 0.1) is 0 Å². The minimum absolute atomic E-state index is 0.0265. The van der Waals surface area contributed by atoms with Crippen LogP contribution in [0.2, 0.25) is 0 Å². The number of piperidine rings is 1. The Morgan fingerprint density at radius 3 is 2.72 bits per heavy atom. The van der Waals surface area contributed by atoms with Crippen LogP contribution in [-0.4, -0.2) is 37.1 Å². The molecule has 1 fully saturated rings. The number of hydrogen-bond acceptors (Lipinski definition) is 4. The highest BCUT2D eigenvalue weighted by Gasteiger charge is 2.21. The molecular weight excluding hydrogens is 296 g/mol. The molecule has 0 spiro atoms. The Hall–Kier alpha value is -1.07. The number of carbonyl (C=O) groups excluding carboxylic acids is 1. The predicted molar refractivity (Wildman–Crippen MR) is 74.5 cm³/mol. The highest BCUT2D eigenvalue weighted by molar-refractivity contribution is 9.10. The smallest absolute Gasteiger partial charge is 0.338 e. The normalized spacial score (nSPS) is 17.7. The number of likely N-dealkylation sites (tertiary alicyclic amines) is 1. The quantitative estimate of drug-likeness (QED) is 0.672. The van der Waals surface area contributed by atoms with Gasteiger partial charge in [0.1, 0.15) is 6.10 Å². The lowest BCUT2D eigenvalue weighted by Crippen LogP contribution is -2.35. The van der Waals surface area contributed by atoms with Gasteiger partial charge in [-0.25, -0.2) is 4.79 Å². The van der Waals surface area contributed by atoms with Crippen molar-refractivity contribution in [2.45, 2.75) is 18.9 Å². The third kappa shape index (κ3) is 3.23. The van der Waals surface area contributed by atoms with Gasteiger partial charge in [-0.2, -0.15) is 0 Å². The zero-order chi connectivity index (χ0) is 13.1. The maximum atomic E-state index is 12.0. The standard InChI is InChI=1S/C13H17BrN2O2/c1-16-6-4-10(5-7-16)18-13(17)9-2-3-11(14)12(15)8-9/h2-3,8,10H,4-7,15H2,1H3. The topological polar surface area (TPSA) is 55.6 Å². The van der Waals surface area contributed by atoms with E-state index in [2.05, 4.69) is 27.9 Å². The number of esters is 1. The van der Waals surface area contributed by atoms with Crippen LogP contribution >= 0.6 is 15.9 Å². The number of hydrogen-bond donors (Lipinski definition) is 1. The van der Waals surface area contributed by atoms with Gasteiger partial charge in [-0.15, -0.1) is 0 Å². The van der Waals surface area contributed by atoms with Crippen molar-refractivity contribution in [1.29, 1.82) is 0 Å². The molecule has 0 amide bonds. The minimum atomic E-state index is -0.288. The second-order valence-electron chi connectivity index (χ2n) is 4.64. The van der Waals surface area contributed by atoms with Crippen LogP contribution in [0.5, 0.6) is 0 Å². The van der Waals surface area contributed by atoms with Crippen molar-refractivity contribution in [3.05, 3.63) is 28.2 Å². The van der Waals surface area contributed by atoms with E-state index in [-0.39, 0.29) is 12.1 Å². The largest absolute Gasteiger partial charge is 0.459 e. The van der Waals surface area contributed by atoms with E-state index in [9.17, 15) is 4.79 Å². The summed E-state index contributed by atoms with van der Waals surface area (Å²) in [6.07, 6.45) is 1.82. The van der Waals surface area contributed by atoms with Gasteiger partial charge in [0, 0.05) is 23.2 Å². The highest BCUT2D eigenvalue weighted by atomic mass is 79.9. The lowest BCUT2D eigenvalue weighted by Gasteiger charge is -2.28. The van der Waals surface area contributed by atoms with Crippen LogP contribution in [0.3, 0.4) is 0 Å². The van der Waals surface area contributed by atoms with E-state index in [4.69, 9.17) is 10.5 Å². The molecule has 0 saturated carbocycles. The Labute approximate surface area is 115 Å². The van der Waals surface area contributed by atoms with E-state index < -0.39 is 0 Å². The molecule has 1 aromatic carbocycles. The fraction of sp³-hybridized carbons (Fsp3) is 0.462. The Morgan fingerprint density at radius 2 is 2.11 bits per heavy atom. The summed E-state index contributed by atoms with van der Waals surface area (Å²) >= 11 is 3.30. The average Bonchev–Trinajstić information content (AvgIpc) is 2.35. The first-order chi connectivity index (χ1) is 8.56. The van der Waals surface area contributed by atoms with Crippen LogP contribution in [0.1, 0.15) is 23.2 Å². The number of ether oxygens (including phenoxy) is 1. The number of benzene rings is 1. The van der Waals surface area contributed by atoms with Crippen molar-refractivity contribution < 1.29 is 9.53 Å². The maximum Gasteiger partial charge on any atom is 0.338 e. The van der Waals surface area contributed by atoms with Crippen LogP contribution in [0.25, 0.3) is 0 Å². The predicted octanol–water partition coefficient (Wildman–Crippen LogP) is 2.28. The molecular formula is C13H17BrN2O2. The molecule has 0 aliphatic carbocycles. The highest BCUT2D eigenvalue weighted by Crippen LogP contribution is 2.21. The van der Waals surface area contributed by atoms with Crippen LogP contribution in [-0.2, 0) is 4.74 Å². The molecule has 2 N–H and O–H groups in total. The first-order valence-corrected chi connectivity index (χ1v) is 6.80. The lowest BCUT2D eigenvalue weighted by atomic mass is 10.1. The summed E-state index contributed by atoms with van der Waals surface area (Å²) in [5.74, 6) is -0.288. The summed E-state index contributed by atoms with van der Waals surface area (Å²) in [6, 6.07) is 5.12. The summed E-state index contributed by atoms with van der Waals surface area (Å²) in [7, 11) is 2.08. The van der Waals surface area contributed by atoms with Gasteiger partial charge in [0.2, 0.25) is 0 Å². The number of halogens is 1. The maximum absolute atomic E-state index is 12.0. The molecule has 18 heavy (non-hydrogen) atoms. The molecule has 5 heteroatoms. The van der Waals surface area contributed by atoms with E-state index in [0.29, 0.717) is 11.3 Å². The van der Waals surface area contributed by atoms with Crippen molar-refractivity contribution >= 4 is 27.6 Å². The van der Waals surface area contributed by atoms with E-state index in [0.717, 1.165) is 30.4 Å². The minimum Gasteiger partial charge on any atom is -0.459 e. The van der Waals surface area contributed by atoms with Crippen LogP contribution in [0.4, 0.5) is 5.69 Å². The molecule has 0 bridgehead atoms. The van der Waals surface area contributed by atoms with Crippen LogP contribution in [0.15, 0.2) is 22.7 Å². The van der Waals surface area contributed by atoms with E-state index in [1.54, 1.807) is 18.2 Å². The fourth-order valence-corrected chi connectivity index (χ4v) is 2.24. The zero-order valence-corrected chi connectivity index (χ0v) is 11.9. The van der Waals surface area contributed by atoms with E-state index in [1.165, 1.54) is 0 Å². The van der Waals surface area contributed by atoms with Gasteiger partial charge in [-0.3, -0.25) is 0 Å². The van der Waals surface area contributed by atoms with Gasteiger partial charge in [-0.05, 0) is 54.0 Å². The first kappa shape index (κ1) is 13.4. The third-order valence-electron chi connectivity index (χ3n) is 3.17. The van der Waals surface area contributed by atoms with Crippen molar-refractivity contribution in [3.8, 4) is 0 Å². The first-order valence-electron chi connectivity index (χ1n) is 6.01. The van der Waals surface area contributed by atoms with E-state index >= 15 is 0 Å². The molecule has 0 aromatic heterocycles. The molecule has 2 rings (SSSR count). The SMILES string of the molecule is CN1CCC(OC(=O)c2ccc(Br)c(N)c2)CC1. The molecule has 1 aliphatic heterocycles. The lowest BCUT2D eigenvalue weighted by molar-refractivity contribution is 0.0139. The van der Waals surface area contributed by atoms with Crippen molar-refractivity contribution in [3.63, 3.8) is 0 Å². The Bertz CT molecular complexity index is 443. The summed E-state index contributed by atoms with van der Waals surface area (Å²) in [5, 5.41) is 0. The number of anilines is 1. The Kier molecular flexibility index (Phi) is 4.24. The molecule has 98 valence electrons. The van der Waals surface area contributed by atoms with Gasteiger partial charge < -0.3 is 15.4 Å². The number of nitrogen functional groups attached to an aromatic ring is 1. The number of carbonyl (C=O) groups is 1. The molecule has 0 atom stereocenters. The number of nitrogens with two attached hydrogens (primary N) is 1. The number of rotatable bonds is 2. The monoisotopic (exact) mass is 312 g/mol. The second-order valence-corrected chi connectivity index (χ2v) is 5.50. The molecule has 0 radical (unpaired) electrons. The van der Waals surface area contributed by atoms with Gasteiger partial charge in [0.15, 0.2) is 0 Å². The summed E-state index contributed by atoms with van der Waals surface area (Å²) in [4.78, 5) is 14.2. The molecule has 1 heterocycles. The van der Waals surface area contributed by atoms with Gasteiger partial charge >= 0.3 is 5.97 Å². The molecule has 0 unspecified atom stereocenters. The average molecular weight is 313 g/mol. The summed E-state index contributed by atoms with van der Waals surface area (Å²) in [5.41, 5.74) is 6.81. The van der Waals surface area contributed by atoms with Gasteiger partial charge in [0.25, 0.3) is 0 Å². The Balaban J connectivity index is 1.97. The summed E-state index contributed by atoms with van der Waals surface area (Å²) in [6.45, 7) is 1.95. The third-order valence-corrected chi connectivity index (χ3v) is 3.89. The molecule has 1 aromatic rings. The molecule has 1 saturated heterocycles. The summed E-state index contributed by atoms with van der Waals surface area (Å²) < 4.78 is 6.27. The van der Waals surface area contributed by atoms with Crippen molar-refractivity contribution in [1.82, 2.24) is 4.90 Å². The fourth-order valence-electron chi connectivity index (χ4n) is 1.99. The van der Waals surface area contributed by atoms with E-state index in [1.807, 2.05) is 0 Å². The zero-order valence-electron chi connectivity index (χ0n) is 10.4. The Morgan fingerprint density at radius 1 is 1.44 bits per heavy atom. The second kappa shape index (κ2) is 5.71. The van der Waals surface area contributed by atoms with Crippen molar-refractivity contribution in [2.24, 2.45) is 0 Å². The van der Waals surface area contributed by atoms with Crippen molar-refractivity contribution in [2.75, 3.05) is 25.9 Å². The van der Waals surface area contributed by atoms with Gasteiger partial charge in [0.05, 0.1) is 5.56 Å². The van der Waals surface area contributed by atoms with Gasteiger partial charge in [-0.1, -0.05) is 0 Å². The van der Waals surface area contributed by atoms with Crippen LogP contribution < -0.4 is 5.73 Å². The molecule has 4 nitrogen and oxygen atoms in total. The molecule has 1 aliphatic rings. The number of nitrogens with zero attached hydrogens (tertiary/aromatic N) is 1.